The van der Waals surface area contributed by atoms with Gasteiger partial charge in [0.2, 0.25) is 5.91 Å². The average Bonchev–Trinajstić information content (AvgIpc) is 2.29. The molecule has 0 aromatic rings. The van der Waals surface area contributed by atoms with Gasteiger partial charge in [0.05, 0.1) is 0 Å². The molecule has 0 spiro atoms. The van der Waals surface area contributed by atoms with E-state index in [0.717, 1.165) is 32.2 Å². The molecular formula is C13H24ClNO. The van der Waals surface area contributed by atoms with Crippen LogP contribution in [0.25, 0.3) is 0 Å². The molecular weight excluding hydrogens is 222 g/mol. The van der Waals surface area contributed by atoms with Gasteiger partial charge in [-0.15, -0.1) is 11.6 Å². The van der Waals surface area contributed by atoms with Crippen molar-refractivity contribution < 1.29 is 4.79 Å². The highest BCUT2D eigenvalue weighted by Gasteiger charge is 2.19. The van der Waals surface area contributed by atoms with E-state index in [0.29, 0.717) is 17.7 Å². The summed E-state index contributed by atoms with van der Waals surface area (Å²) < 4.78 is 0. The van der Waals surface area contributed by atoms with Crippen molar-refractivity contribution in [2.45, 2.75) is 63.7 Å². The molecule has 0 atom stereocenters. The minimum absolute atomic E-state index is 0.224. The lowest BCUT2D eigenvalue weighted by molar-refractivity contribution is -0.121. The number of carbonyl (C=O) groups is 1. The first-order valence-electron chi connectivity index (χ1n) is 6.63. The zero-order chi connectivity index (χ0) is 11.8. The summed E-state index contributed by atoms with van der Waals surface area (Å²) in [6.07, 6.45) is 8.61. The van der Waals surface area contributed by atoms with Crippen molar-refractivity contribution in [3.05, 3.63) is 0 Å². The van der Waals surface area contributed by atoms with Gasteiger partial charge in [0.25, 0.3) is 0 Å². The number of rotatable bonds is 6. The van der Waals surface area contributed by atoms with E-state index in [4.69, 9.17) is 11.6 Å². The van der Waals surface area contributed by atoms with Crippen LogP contribution in [-0.4, -0.2) is 17.8 Å². The largest absolute Gasteiger partial charge is 0.356 e. The maximum absolute atomic E-state index is 11.5. The van der Waals surface area contributed by atoms with Crippen LogP contribution in [0.2, 0.25) is 0 Å². The maximum atomic E-state index is 11.5. The van der Waals surface area contributed by atoms with Gasteiger partial charge in [-0.1, -0.05) is 19.8 Å². The van der Waals surface area contributed by atoms with Crippen LogP contribution in [0.4, 0.5) is 0 Å². The molecule has 0 unspecified atom stereocenters. The van der Waals surface area contributed by atoms with Gasteiger partial charge in [-0.05, 0) is 38.0 Å². The third-order valence-electron chi connectivity index (χ3n) is 3.37. The van der Waals surface area contributed by atoms with E-state index in [1.807, 2.05) is 0 Å². The van der Waals surface area contributed by atoms with Crippen LogP contribution in [-0.2, 0) is 4.79 Å². The molecule has 0 aliphatic heterocycles. The van der Waals surface area contributed by atoms with Crippen molar-refractivity contribution in [2.24, 2.45) is 5.92 Å². The highest BCUT2D eigenvalue weighted by molar-refractivity contribution is 6.20. The Hall–Kier alpha value is -0.240. The number of carbonyl (C=O) groups excluding carboxylic acids is 1. The third kappa shape index (κ3) is 5.74. The van der Waals surface area contributed by atoms with E-state index in [1.165, 1.54) is 19.3 Å². The molecule has 0 bridgehead atoms. The predicted molar refractivity (Wildman–Crippen MR) is 68.8 cm³/mol. The first-order valence-corrected chi connectivity index (χ1v) is 7.06. The monoisotopic (exact) mass is 245 g/mol. The first-order chi connectivity index (χ1) is 7.72. The number of halogens is 1. The van der Waals surface area contributed by atoms with E-state index < -0.39 is 0 Å². The maximum Gasteiger partial charge on any atom is 0.220 e. The van der Waals surface area contributed by atoms with Gasteiger partial charge in [-0.25, -0.2) is 0 Å². The van der Waals surface area contributed by atoms with Crippen molar-refractivity contribution in [1.29, 1.82) is 0 Å². The van der Waals surface area contributed by atoms with Crippen molar-refractivity contribution >= 4 is 17.5 Å². The SMILES string of the molecule is CCCCCC(=O)NCC1CCC(Cl)CC1. The molecule has 1 amide bonds. The molecule has 1 aliphatic carbocycles. The predicted octanol–water partition coefficient (Wildman–Crippen LogP) is 3.48. The van der Waals surface area contributed by atoms with E-state index in [1.54, 1.807) is 0 Å². The first kappa shape index (κ1) is 13.8. The molecule has 0 saturated heterocycles. The zero-order valence-electron chi connectivity index (χ0n) is 10.3. The molecule has 0 aromatic heterocycles. The number of nitrogens with one attached hydrogen (secondary N) is 1. The summed E-state index contributed by atoms with van der Waals surface area (Å²) in [6.45, 7) is 3.01. The van der Waals surface area contributed by atoms with Gasteiger partial charge in [0.1, 0.15) is 0 Å². The molecule has 1 rings (SSSR count). The van der Waals surface area contributed by atoms with Crippen molar-refractivity contribution in [3.63, 3.8) is 0 Å². The van der Waals surface area contributed by atoms with Gasteiger partial charge >= 0.3 is 0 Å². The Labute approximate surface area is 104 Å². The van der Waals surface area contributed by atoms with Crippen LogP contribution < -0.4 is 5.32 Å². The minimum atomic E-state index is 0.224. The van der Waals surface area contributed by atoms with Crippen LogP contribution in [0.3, 0.4) is 0 Å². The Kier molecular flexibility index (Phi) is 6.86. The summed E-state index contributed by atoms with van der Waals surface area (Å²) >= 11 is 6.04. The summed E-state index contributed by atoms with van der Waals surface area (Å²) in [4.78, 5) is 11.5. The van der Waals surface area contributed by atoms with Crippen LogP contribution in [0.1, 0.15) is 58.3 Å². The fourth-order valence-electron chi connectivity index (χ4n) is 2.21. The lowest BCUT2D eigenvalue weighted by Crippen LogP contribution is -2.31. The fourth-order valence-corrected chi connectivity index (χ4v) is 2.46. The Morgan fingerprint density at radius 3 is 2.56 bits per heavy atom. The number of alkyl halides is 1. The number of amides is 1. The summed E-state index contributed by atoms with van der Waals surface area (Å²) in [6, 6.07) is 0. The molecule has 0 radical (unpaired) electrons. The van der Waals surface area contributed by atoms with Gasteiger partial charge in [0.15, 0.2) is 0 Å². The molecule has 1 fully saturated rings. The van der Waals surface area contributed by atoms with Crippen LogP contribution >= 0.6 is 11.6 Å². The highest BCUT2D eigenvalue weighted by Crippen LogP contribution is 2.26. The zero-order valence-corrected chi connectivity index (χ0v) is 11.1. The van der Waals surface area contributed by atoms with Crippen LogP contribution in [0, 0.1) is 5.92 Å². The van der Waals surface area contributed by atoms with Gasteiger partial charge in [0, 0.05) is 18.3 Å². The highest BCUT2D eigenvalue weighted by atomic mass is 35.5. The molecule has 94 valence electrons. The molecule has 0 aromatic carbocycles. The molecule has 1 N–H and O–H groups in total. The van der Waals surface area contributed by atoms with Gasteiger partial charge in [-0.3, -0.25) is 4.79 Å². The summed E-state index contributed by atoms with van der Waals surface area (Å²) in [5.74, 6) is 0.881. The molecule has 2 nitrogen and oxygen atoms in total. The topological polar surface area (TPSA) is 29.1 Å². The molecule has 1 aliphatic rings. The second kappa shape index (κ2) is 7.94. The Morgan fingerprint density at radius 2 is 1.94 bits per heavy atom. The second-order valence-corrected chi connectivity index (χ2v) is 5.50. The van der Waals surface area contributed by atoms with E-state index >= 15 is 0 Å². The van der Waals surface area contributed by atoms with Crippen LogP contribution in [0.15, 0.2) is 0 Å². The summed E-state index contributed by atoms with van der Waals surface area (Å²) in [7, 11) is 0. The lowest BCUT2D eigenvalue weighted by Gasteiger charge is -2.25. The molecule has 3 heteroatoms. The van der Waals surface area contributed by atoms with Gasteiger partial charge < -0.3 is 5.32 Å². The Balaban J connectivity index is 2.03. The summed E-state index contributed by atoms with van der Waals surface area (Å²) in [5.41, 5.74) is 0. The normalized spacial score (nSPS) is 25.4. The standard InChI is InChI=1S/C13H24ClNO/c1-2-3-4-5-13(16)15-10-11-6-8-12(14)9-7-11/h11-12H,2-10H2,1H3,(H,15,16). The third-order valence-corrected chi connectivity index (χ3v) is 3.81. The smallest absolute Gasteiger partial charge is 0.220 e. The Bertz CT molecular complexity index is 200. The van der Waals surface area contributed by atoms with Crippen molar-refractivity contribution in [1.82, 2.24) is 5.32 Å². The number of hydrogen-bond acceptors (Lipinski definition) is 1. The molecule has 1 saturated carbocycles. The average molecular weight is 246 g/mol. The molecule has 16 heavy (non-hydrogen) atoms. The van der Waals surface area contributed by atoms with Crippen molar-refractivity contribution in [2.75, 3.05) is 6.54 Å². The second-order valence-electron chi connectivity index (χ2n) is 4.88. The fraction of sp³-hybridized carbons (Fsp3) is 0.923. The van der Waals surface area contributed by atoms with Crippen molar-refractivity contribution in [3.8, 4) is 0 Å². The lowest BCUT2D eigenvalue weighted by atomic mass is 9.89. The minimum Gasteiger partial charge on any atom is -0.356 e. The van der Waals surface area contributed by atoms with Crippen LogP contribution in [0.5, 0.6) is 0 Å². The number of hydrogen-bond donors (Lipinski definition) is 1. The Morgan fingerprint density at radius 1 is 1.25 bits per heavy atom. The summed E-state index contributed by atoms with van der Waals surface area (Å²) in [5, 5.41) is 3.42. The van der Waals surface area contributed by atoms with E-state index in [9.17, 15) is 4.79 Å². The molecule has 0 heterocycles. The number of unbranched alkanes of at least 4 members (excludes halogenated alkanes) is 2. The van der Waals surface area contributed by atoms with Gasteiger partial charge in [-0.2, -0.15) is 0 Å². The quantitative estimate of drug-likeness (QED) is 0.563. The van der Waals surface area contributed by atoms with E-state index in [-0.39, 0.29) is 5.91 Å². The van der Waals surface area contributed by atoms with E-state index in [2.05, 4.69) is 12.2 Å².